The van der Waals surface area contributed by atoms with Crippen LogP contribution in [0.1, 0.15) is 43.0 Å². The highest BCUT2D eigenvalue weighted by molar-refractivity contribution is 5.93. The zero-order chi connectivity index (χ0) is 14.7. The van der Waals surface area contributed by atoms with Gasteiger partial charge in [0, 0.05) is 24.3 Å². The van der Waals surface area contributed by atoms with Crippen LogP contribution in [0.3, 0.4) is 0 Å². The van der Waals surface area contributed by atoms with E-state index in [9.17, 15) is 14.9 Å². The van der Waals surface area contributed by atoms with Gasteiger partial charge in [-0.1, -0.05) is 12.8 Å². The van der Waals surface area contributed by atoms with Crippen molar-refractivity contribution in [3.63, 3.8) is 0 Å². The van der Waals surface area contributed by atoms with Gasteiger partial charge < -0.3 is 10.0 Å². The Hall–Kier alpha value is -2.11. The molecule has 1 aliphatic rings. The third-order valence-electron chi connectivity index (χ3n) is 3.85. The summed E-state index contributed by atoms with van der Waals surface area (Å²) >= 11 is 0. The fourth-order valence-electron chi connectivity index (χ4n) is 2.90. The summed E-state index contributed by atoms with van der Waals surface area (Å²) in [6.45, 7) is 2.78. The number of carboxylic acids is 1. The van der Waals surface area contributed by atoms with E-state index in [-0.39, 0.29) is 11.3 Å². The van der Waals surface area contributed by atoms with Gasteiger partial charge in [-0.05, 0) is 31.9 Å². The van der Waals surface area contributed by atoms with Gasteiger partial charge >= 0.3 is 5.97 Å². The monoisotopic (exact) mass is 278 g/mol. The standard InChI is InChI=1S/C14H18N2O4/c1-2-15(10-5-3-4-6-10)11-7-8-13(16(19)20)12(9-11)14(17)18/h7-10H,2-6H2,1H3,(H,17,18). The van der Waals surface area contributed by atoms with Crippen molar-refractivity contribution in [3.8, 4) is 0 Å². The number of anilines is 1. The third kappa shape index (κ3) is 2.74. The first-order valence-electron chi connectivity index (χ1n) is 6.83. The Morgan fingerprint density at radius 2 is 2.10 bits per heavy atom. The molecule has 0 atom stereocenters. The van der Waals surface area contributed by atoms with Crippen molar-refractivity contribution in [2.24, 2.45) is 0 Å². The molecular formula is C14H18N2O4. The summed E-state index contributed by atoms with van der Waals surface area (Å²) in [6.07, 6.45) is 4.54. The van der Waals surface area contributed by atoms with E-state index in [0.717, 1.165) is 25.1 Å². The van der Waals surface area contributed by atoms with Crippen LogP contribution in [0.2, 0.25) is 0 Å². The van der Waals surface area contributed by atoms with Crippen LogP contribution >= 0.6 is 0 Å². The van der Waals surface area contributed by atoms with Crippen molar-refractivity contribution in [2.75, 3.05) is 11.4 Å². The lowest BCUT2D eigenvalue weighted by atomic mass is 10.1. The second-order valence-corrected chi connectivity index (χ2v) is 4.99. The average molecular weight is 278 g/mol. The van der Waals surface area contributed by atoms with E-state index in [0.29, 0.717) is 6.04 Å². The lowest BCUT2D eigenvalue weighted by Gasteiger charge is -2.30. The molecule has 1 aromatic rings. The molecule has 0 aliphatic heterocycles. The molecule has 1 fully saturated rings. The number of hydrogen-bond donors (Lipinski definition) is 1. The molecular weight excluding hydrogens is 260 g/mol. The summed E-state index contributed by atoms with van der Waals surface area (Å²) in [5.41, 5.74) is 0.148. The Labute approximate surface area is 117 Å². The lowest BCUT2D eigenvalue weighted by molar-refractivity contribution is -0.385. The second kappa shape index (κ2) is 5.90. The molecule has 20 heavy (non-hydrogen) atoms. The molecule has 0 bridgehead atoms. The molecule has 0 radical (unpaired) electrons. The van der Waals surface area contributed by atoms with Gasteiger partial charge in [0.2, 0.25) is 0 Å². The fraction of sp³-hybridized carbons (Fsp3) is 0.500. The normalized spacial score (nSPS) is 15.2. The predicted octanol–water partition coefficient (Wildman–Crippen LogP) is 3.06. The van der Waals surface area contributed by atoms with Gasteiger partial charge in [-0.2, -0.15) is 0 Å². The van der Waals surface area contributed by atoms with Crippen LogP contribution in [0.15, 0.2) is 18.2 Å². The highest BCUT2D eigenvalue weighted by Crippen LogP contribution is 2.31. The van der Waals surface area contributed by atoms with E-state index in [1.54, 1.807) is 6.07 Å². The molecule has 0 saturated heterocycles. The van der Waals surface area contributed by atoms with E-state index in [1.807, 2.05) is 6.92 Å². The number of nitrogens with zero attached hydrogens (tertiary/aromatic N) is 2. The number of carbonyl (C=O) groups is 1. The van der Waals surface area contributed by atoms with Crippen molar-refractivity contribution in [3.05, 3.63) is 33.9 Å². The van der Waals surface area contributed by atoms with Crippen molar-refractivity contribution in [1.82, 2.24) is 0 Å². The Morgan fingerprint density at radius 3 is 2.60 bits per heavy atom. The molecule has 108 valence electrons. The summed E-state index contributed by atoms with van der Waals surface area (Å²) in [6, 6.07) is 4.76. The summed E-state index contributed by atoms with van der Waals surface area (Å²) in [5.74, 6) is -1.26. The van der Waals surface area contributed by atoms with Crippen LogP contribution in [-0.2, 0) is 0 Å². The van der Waals surface area contributed by atoms with Gasteiger partial charge in [0.15, 0.2) is 0 Å². The van der Waals surface area contributed by atoms with Crippen LogP contribution in [0.25, 0.3) is 0 Å². The van der Waals surface area contributed by atoms with Crippen molar-refractivity contribution >= 4 is 17.3 Å². The molecule has 6 nitrogen and oxygen atoms in total. The molecule has 0 spiro atoms. The van der Waals surface area contributed by atoms with E-state index in [1.165, 1.54) is 25.0 Å². The summed E-state index contributed by atoms with van der Waals surface area (Å²) in [7, 11) is 0. The summed E-state index contributed by atoms with van der Waals surface area (Å²) < 4.78 is 0. The first-order chi connectivity index (χ1) is 9.54. The predicted molar refractivity (Wildman–Crippen MR) is 75.3 cm³/mol. The van der Waals surface area contributed by atoms with Gasteiger partial charge in [-0.15, -0.1) is 0 Å². The number of rotatable bonds is 5. The minimum atomic E-state index is -1.26. The van der Waals surface area contributed by atoms with Crippen molar-refractivity contribution < 1.29 is 14.8 Å². The average Bonchev–Trinajstić information content (AvgIpc) is 2.93. The maximum Gasteiger partial charge on any atom is 0.342 e. The minimum Gasteiger partial charge on any atom is -0.477 e. The maximum absolute atomic E-state index is 11.2. The first kappa shape index (κ1) is 14.3. The molecule has 0 amide bonds. The number of nitro groups is 1. The van der Waals surface area contributed by atoms with E-state index < -0.39 is 10.9 Å². The second-order valence-electron chi connectivity index (χ2n) is 4.99. The number of hydrogen-bond acceptors (Lipinski definition) is 4. The van der Waals surface area contributed by atoms with Gasteiger partial charge in [-0.25, -0.2) is 4.79 Å². The van der Waals surface area contributed by atoms with Crippen LogP contribution in [0.5, 0.6) is 0 Å². The summed E-state index contributed by atoms with van der Waals surface area (Å²) in [4.78, 5) is 23.5. The topological polar surface area (TPSA) is 83.7 Å². The highest BCUT2D eigenvalue weighted by Gasteiger charge is 2.25. The Kier molecular flexibility index (Phi) is 4.22. The van der Waals surface area contributed by atoms with Crippen molar-refractivity contribution in [1.29, 1.82) is 0 Å². The molecule has 0 heterocycles. The lowest BCUT2D eigenvalue weighted by Crippen LogP contribution is -2.33. The Balaban J connectivity index is 2.38. The zero-order valence-corrected chi connectivity index (χ0v) is 11.4. The zero-order valence-electron chi connectivity index (χ0n) is 11.4. The molecule has 1 saturated carbocycles. The molecule has 6 heteroatoms. The van der Waals surface area contributed by atoms with E-state index >= 15 is 0 Å². The molecule has 1 N–H and O–H groups in total. The van der Waals surface area contributed by atoms with Gasteiger partial charge in [0.1, 0.15) is 5.56 Å². The molecule has 0 unspecified atom stereocenters. The van der Waals surface area contributed by atoms with E-state index in [2.05, 4.69) is 4.90 Å². The highest BCUT2D eigenvalue weighted by atomic mass is 16.6. The smallest absolute Gasteiger partial charge is 0.342 e. The SMILES string of the molecule is CCN(c1ccc([N+](=O)[O-])c(C(=O)O)c1)C1CCCC1. The first-order valence-corrected chi connectivity index (χ1v) is 6.83. The number of benzene rings is 1. The molecule has 0 aromatic heterocycles. The quantitative estimate of drug-likeness (QED) is 0.661. The largest absolute Gasteiger partial charge is 0.477 e. The maximum atomic E-state index is 11.2. The Bertz CT molecular complexity index is 524. The van der Waals surface area contributed by atoms with Gasteiger partial charge in [0.25, 0.3) is 5.69 Å². The minimum absolute atomic E-state index is 0.246. The Morgan fingerprint density at radius 1 is 1.45 bits per heavy atom. The molecule has 1 aromatic carbocycles. The van der Waals surface area contributed by atoms with E-state index in [4.69, 9.17) is 5.11 Å². The van der Waals surface area contributed by atoms with Gasteiger partial charge in [-0.3, -0.25) is 10.1 Å². The third-order valence-corrected chi connectivity index (χ3v) is 3.85. The molecule has 2 rings (SSSR count). The van der Waals surface area contributed by atoms with Crippen LogP contribution < -0.4 is 4.90 Å². The van der Waals surface area contributed by atoms with Crippen LogP contribution in [0, 0.1) is 10.1 Å². The fourth-order valence-corrected chi connectivity index (χ4v) is 2.90. The number of carboxylic acid groups (broad SMARTS) is 1. The number of aromatic carboxylic acids is 1. The summed E-state index contributed by atoms with van der Waals surface area (Å²) in [5, 5.41) is 20.0. The van der Waals surface area contributed by atoms with Gasteiger partial charge in [0.05, 0.1) is 4.92 Å². The van der Waals surface area contributed by atoms with Crippen LogP contribution in [0.4, 0.5) is 11.4 Å². The van der Waals surface area contributed by atoms with Crippen LogP contribution in [-0.4, -0.2) is 28.6 Å². The number of nitro benzene ring substituents is 1. The molecule has 1 aliphatic carbocycles. The van der Waals surface area contributed by atoms with Crippen molar-refractivity contribution in [2.45, 2.75) is 38.6 Å².